The molecule has 0 fully saturated rings. The van der Waals surface area contributed by atoms with Crippen LogP contribution in [-0.2, 0) is 6.54 Å². The van der Waals surface area contributed by atoms with Crippen LogP contribution in [0.5, 0.6) is 0 Å². The van der Waals surface area contributed by atoms with Crippen LogP contribution in [-0.4, -0.2) is 17.0 Å². The minimum Gasteiger partial charge on any atom is -0.444 e. The topological polar surface area (TPSA) is 76.4 Å². The zero-order valence-electron chi connectivity index (χ0n) is 13.2. The van der Waals surface area contributed by atoms with Gasteiger partial charge in [-0.05, 0) is 32.4 Å². The summed E-state index contributed by atoms with van der Waals surface area (Å²) in [4.78, 5) is 8.69. The number of aromatic nitrogens is 1. The highest BCUT2D eigenvalue weighted by Crippen LogP contribution is 2.19. The van der Waals surface area contributed by atoms with Gasteiger partial charge < -0.3 is 15.5 Å². The fourth-order valence-electron chi connectivity index (χ4n) is 1.77. The van der Waals surface area contributed by atoms with Crippen LogP contribution in [0.2, 0.25) is 0 Å². The maximum Gasteiger partial charge on any atom is 0.226 e. The monoisotopic (exact) mass is 414 g/mol. The molecule has 0 aliphatic carbocycles. The van der Waals surface area contributed by atoms with Crippen molar-refractivity contribution in [1.82, 2.24) is 10.3 Å². The summed E-state index contributed by atoms with van der Waals surface area (Å²) in [5.74, 6) is 1.04. The van der Waals surface area contributed by atoms with Crippen LogP contribution >= 0.6 is 24.0 Å². The van der Waals surface area contributed by atoms with Crippen LogP contribution in [0.3, 0.4) is 0 Å². The predicted octanol–water partition coefficient (Wildman–Crippen LogP) is 3.47. The van der Waals surface area contributed by atoms with Crippen molar-refractivity contribution in [1.29, 1.82) is 0 Å². The van der Waals surface area contributed by atoms with E-state index in [0.29, 0.717) is 24.4 Å². The molecule has 3 N–H and O–H groups in total. The Kier molecular flexibility index (Phi) is 7.37. The second-order valence-electron chi connectivity index (χ2n) is 5.17. The molecule has 1 unspecified atom stereocenters. The van der Waals surface area contributed by atoms with E-state index in [-0.39, 0.29) is 24.0 Å². The molecule has 5 nitrogen and oxygen atoms in total. The highest BCUT2D eigenvalue weighted by atomic mass is 127. The number of halogens is 1. The molecule has 0 aliphatic rings. The average Bonchev–Trinajstić information content (AvgIpc) is 2.94. The first kappa shape index (κ1) is 18.5. The number of aryl methyl sites for hydroxylation is 1. The Balaban J connectivity index is 0.00000242. The number of nitrogens with two attached hydrogens (primary N) is 1. The Morgan fingerprint density at radius 3 is 2.68 bits per heavy atom. The molecule has 0 aliphatic heterocycles. The van der Waals surface area contributed by atoms with Crippen molar-refractivity contribution in [2.75, 3.05) is 0 Å². The number of rotatable bonds is 5. The SMILES string of the molecule is CCC(C)NC(N)=NCc1coc(-c2ccc(C)cc2)n1.I. The van der Waals surface area contributed by atoms with Gasteiger partial charge in [-0.3, -0.25) is 0 Å². The lowest BCUT2D eigenvalue weighted by molar-refractivity contribution is 0.572. The van der Waals surface area contributed by atoms with Gasteiger partial charge in [0, 0.05) is 11.6 Å². The highest BCUT2D eigenvalue weighted by Gasteiger charge is 2.06. The number of nitrogens with zero attached hydrogens (tertiary/aromatic N) is 2. The third-order valence-electron chi connectivity index (χ3n) is 3.27. The number of nitrogens with one attached hydrogen (secondary N) is 1. The van der Waals surface area contributed by atoms with Gasteiger partial charge in [-0.1, -0.05) is 24.6 Å². The number of oxazole rings is 1. The lowest BCUT2D eigenvalue weighted by atomic mass is 10.1. The van der Waals surface area contributed by atoms with Crippen molar-refractivity contribution in [2.45, 2.75) is 39.8 Å². The van der Waals surface area contributed by atoms with E-state index < -0.39 is 0 Å². The lowest BCUT2D eigenvalue weighted by Gasteiger charge is -2.11. The van der Waals surface area contributed by atoms with E-state index in [4.69, 9.17) is 10.2 Å². The van der Waals surface area contributed by atoms with E-state index in [1.165, 1.54) is 5.56 Å². The van der Waals surface area contributed by atoms with Crippen LogP contribution in [0, 0.1) is 6.92 Å². The number of hydrogen-bond acceptors (Lipinski definition) is 3. The molecule has 0 saturated heterocycles. The van der Waals surface area contributed by atoms with Crippen molar-refractivity contribution in [3.8, 4) is 11.5 Å². The smallest absolute Gasteiger partial charge is 0.226 e. The van der Waals surface area contributed by atoms with Crippen molar-refractivity contribution in [3.63, 3.8) is 0 Å². The Morgan fingerprint density at radius 1 is 1.36 bits per heavy atom. The number of hydrogen-bond donors (Lipinski definition) is 2. The quantitative estimate of drug-likeness (QED) is 0.446. The summed E-state index contributed by atoms with van der Waals surface area (Å²) >= 11 is 0. The lowest BCUT2D eigenvalue weighted by Crippen LogP contribution is -2.38. The Labute approximate surface area is 148 Å². The zero-order valence-corrected chi connectivity index (χ0v) is 15.5. The molecule has 1 atom stereocenters. The molecule has 6 heteroatoms. The molecular formula is C16H23IN4O. The minimum absolute atomic E-state index is 0. The zero-order chi connectivity index (χ0) is 15.2. The first-order valence-electron chi connectivity index (χ1n) is 7.16. The van der Waals surface area contributed by atoms with Gasteiger partial charge in [0.2, 0.25) is 5.89 Å². The van der Waals surface area contributed by atoms with Crippen molar-refractivity contribution >= 4 is 29.9 Å². The number of aliphatic imine (C=N–C) groups is 1. The Morgan fingerprint density at radius 2 is 2.05 bits per heavy atom. The first-order chi connectivity index (χ1) is 10.1. The Hall–Kier alpha value is -1.57. The Bertz CT molecular complexity index is 607. The van der Waals surface area contributed by atoms with Gasteiger partial charge in [-0.15, -0.1) is 24.0 Å². The summed E-state index contributed by atoms with van der Waals surface area (Å²) < 4.78 is 5.48. The fourth-order valence-corrected chi connectivity index (χ4v) is 1.77. The van der Waals surface area contributed by atoms with Gasteiger partial charge in [-0.2, -0.15) is 0 Å². The van der Waals surface area contributed by atoms with Crippen molar-refractivity contribution < 1.29 is 4.42 Å². The van der Waals surface area contributed by atoms with Crippen LogP contribution in [0.4, 0.5) is 0 Å². The van der Waals surface area contributed by atoms with Crippen LogP contribution < -0.4 is 11.1 Å². The number of benzene rings is 1. The summed E-state index contributed by atoms with van der Waals surface area (Å²) in [6.07, 6.45) is 2.62. The maximum absolute atomic E-state index is 5.81. The molecule has 1 aromatic carbocycles. The van der Waals surface area contributed by atoms with Gasteiger partial charge in [0.15, 0.2) is 5.96 Å². The molecule has 0 spiro atoms. The molecule has 0 amide bonds. The van der Waals surface area contributed by atoms with E-state index in [1.807, 2.05) is 31.2 Å². The molecule has 0 radical (unpaired) electrons. The predicted molar refractivity (Wildman–Crippen MR) is 100 cm³/mol. The third kappa shape index (κ3) is 5.32. The van der Waals surface area contributed by atoms with Gasteiger partial charge in [0.1, 0.15) is 12.0 Å². The van der Waals surface area contributed by atoms with Crippen LogP contribution in [0.1, 0.15) is 31.5 Å². The molecule has 2 aromatic rings. The molecule has 0 saturated carbocycles. The van der Waals surface area contributed by atoms with E-state index >= 15 is 0 Å². The van der Waals surface area contributed by atoms with Crippen molar-refractivity contribution in [3.05, 3.63) is 41.8 Å². The first-order valence-corrected chi connectivity index (χ1v) is 7.16. The van der Waals surface area contributed by atoms with Gasteiger partial charge in [-0.25, -0.2) is 9.98 Å². The van der Waals surface area contributed by atoms with Gasteiger partial charge >= 0.3 is 0 Å². The summed E-state index contributed by atoms with van der Waals surface area (Å²) in [5.41, 5.74) is 8.74. The minimum atomic E-state index is 0. The molecule has 22 heavy (non-hydrogen) atoms. The largest absolute Gasteiger partial charge is 0.444 e. The maximum atomic E-state index is 5.81. The van der Waals surface area contributed by atoms with E-state index in [0.717, 1.165) is 17.7 Å². The summed E-state index contributed by atoms with van der Waals surface area (Å²) in [6.45, 7) is 6.61. The summed E-state index contributed by atoms with van der Waals surface area (Å²) in [6, 6.07) is 8.37. The molecule has 120 valence electrons. The molecule has 1 aromatic heterocycles. The second-order valence-corrected chi connectivity index (χ2v) is 5.17. The van der Waals surface area contributed by atoms with Gasteiger partial charge in [0.25, 0.3) is 0 Å². The highest BCUT2D eigenvalue weighted by molar-refractivity contribution is 14.0. The van der Waals surface area contributed by atoms with Gasteiger partial charge in [0.05, 0.1) is 6.54 Å². The second kappa shape index (κ2) is 8.77. The number of guanidine groups is 1. The van der Waals surface area contributed by atoms with Crippen LogP contribution in [0.15, 0.2) is 39.9 Å². The molecule has 0 bridgehead atoms. The molecule has 1 heterocycles. The average molecular weight is 414 g/mol. The molecule has 2 rings (SSSR count). The van der Waals surface area contributed by atoms with E-state index in [1.54, 1.807) is 6.26 Å². The van der Waals surface area contributed by atoms with Crippen LogP contribution in [0.25, 0.3) is 11.5 Å². The van der Waals surface area contributed by atoms with E-state index in [2.05, 4.69) is 29.1 Å². The van der Waals surface area contributed by atoms with Crippen molar-refractivity contribution in [2.24, 2.45) is 10.7 Å². The van der Waals surface area contributed by atoms with E-state index in [9.17, 15) is 0 Å². The molecular weight excluding hydrogens is 391 g/mol. The summed E-state index contributed by atoms with van der Waals surface area (Å²) in [7, 11) is 0. The third-order valence-corrected chi connectivity index (χ3v) is 3.27. The standard InChI is InChI=1S/C16H22N4O.HI/c1-4-12(3)19-16(17)18-9-14-10-21-15(20-14)13-7-5-11(2)6-8-13;/h5-8,10,12H,4,9H2,1-3H3,(H3,17,18,19);1H. The normalized spacial score (nSPS) is 12.6. The fraction of sp³-hybridized carbons (Fsp3) is 0.375. The summed E-state index contributed by atoms with van der Waals surface area (Å²) in [5, 5.41) is 3.11.